The average Bonchev–Trinajstić information content (AvgIpc) is 2.60. The van der Waals surface area contributed by atoms with Gasteiger partial charge in [0.25, 0.3) is 5.88 Å². The molecule has 1 aliphatic rings. The van der Waals surface area contributed by atoms with Crippen LogP contribution in [0, 0.1) is 5.21 Å². The van der Waals surface area contributed by atoms with E-state index in [2.05, 4.69) is 27.1 Å². The maximum atomic E-state index is 11.2. The SMILES string of the molecule is C[C@@H]1CNCCN1c1nccnc1OCCOc1ccc[n+]([O-])c1. The van der Waals surface area contributed by atoms with E-state index in [1.165, 1.54) is 12.4 Å². The molecule has 3 rings (SSSR count). The third-order valence-electron chi connectivity index (χ3n) is 3.76. The van der Waals surface area contributed by atoms with Crippen molar-refractivity contribution in [3.05, 3.63) is 42.1 Å². The van der Waals surface area contributed by atoms with Crippen molar-refractivity contribution >= 4 is 5.82 Å². The molecule has 128 valence electrons. The van der Waals surface area contributed by atoms with E-state index in [0.29, 0.717) is 35.6 Å². The molecule has 8 heteroatoms. The Kier molecular flexibility index (Phi) is 5.27. The number of nitrogens with zero attached hydrogens (tertiary/aromatic N) is 4. The van der Waals surface area contributed by atoms with E-state index < -0.39 is 0 Å². The molecule has 0 spiro atoms. The van der Waals surface area contributed by atoms with Gasteiger partial charge in [0, 0.05) is 44.1 Å². The normalized spacial score (nSPS) is 17.5. The number of aromatic nitrogens is 3. The van der Waals surface area contributed by atoms with Gasteiger partial charge in [-0.15, -0.1) is 0 Å². The Balaban J connectivity index is 1.57. The molecule has 1 saturated heterocycles. The molecule has 0 aromatic carbocycles. The molecule has 1 N–H and O–H groups in total. The van der Waals surface area contributed by atoms with Crippen molar-refractivity contribution in [3.63, 3.8) is 0 Å². The van der Waals surface area contributed by atoms with Gasteiger partial charge in [0.1, 0.15) is 13.2 Å². The van der Waals surface area contributed by atoms with E-state index in [-0.39, 0.29) is 0 Å². The van der Waals surface area contributed by atoms with Gasteiger partial charge < -0.3 is 24.9 Å². The first-order valence-electron chi connectivity index (χ1n) is 7.97. The van der Waals surface area contributed by atoms with Crippen molar-refractivity contribution in [1.29, 1.82) is 0 Å². The largest absolute Gasteiger partial charge is 0.619 e. The fourth-order valence-electron chi connectivity index (χ4n) is 2.59. The summed E-state index contributed by atoms with van der Waals surface area (Å²) in [6.45, 7) is 5.45. The number of rotatable bonds is 6. The van der Waals surface area contributed by atoms with Crippen LogP contribution in [0.1, 0.15) is 6.92 Å². The Labute approximate surface area is 140 Å². The van der Waals surface area contributed by atoms with Gasteiger partial charge in [-0.3, -0.25) is 0 Å². The van der Waals surface area contributed by atoms with Crippen LogP contribution >= 0.6 is 0 Å². The lowest BCUT2D eigenvalue weighted by Gasteiger charge is -2.35. The summed E-state index contributed by atoms with van der Waals surface area (Å²) in [5.41, 5.74) is 0. The zero-order valence-electron chi connectivity index (χ0n) is 13.6. The zero-order valence-corrected chi connectivity index (χ0v) is 13.6. The fourth-order valence-corrected chi connectivity index (χ4v) is 2.59. The van der Waals surface area contributed by atoms with Crippen LogP contribution in [-0.4, -0.2) is 48.9 Å². The molecule has 24 heavy (non-hydrogen) atoms. The van der Waals surface area contributed by atoms with Gasteiger partial charge in [-0.25, -0.2) is 9.97 Å². The van der Waals surface area contributed by atoms with Crippen LogP contribution in [0.25, 0.3) is 0 Å². The van der Waals surface area contributed by atoms with Crippen molar-refractivity contribution in [2.45, 2.75) is 13.0 Å². The molecule has 3 heterocycles. The average molecular weight is 331 g/mol. The molecule has 0 saturated carbocycles. The van der Waals surface area contributed by atoms with Crippen molar-refractivity contribution in [2.75, 3.05) is 37.7 Å². The monoisotopic (exact) mass is 331 g/mol. The van der Waals surface area contributed by atoms with Gasteiger partial charge in [0.15, 0.2) is 17.8 Å². The first kappa shape index (κ1) is 16.3. The number of hydrogen-bond donors (Lipinski definition) is 1. The number of piperazine rings is 1. The van der Waals surface area contributed by atoms with Crippen LogP contribution in [0.5, 0.6) is 11.6 Å². The van der Waals surface area contributed by atoms with Crippen molar-refractivity contribution in [1.82, 2.24) is 15.3 Å². The minimum Gasteiger partial charge on any atom is -0.619 e. The second kappa shape index (κ2) is 7.78. The zero-order chi connectivity index (χ0) is 16.8. The van der Waals surface area contributed by atoms with Gasteiger partial charge in [-0.2, -0.15) is 4.73 Å². The van der Waals surface area contributed by atoms with Gasteiger partial charge in [0.05, 0.1) is 0 Å². The Morgan fingerprint density at radius 2 is 2.17 bits per heavy atom. The molecule has 1 fully saturated rings. The predicted molar refractivity (Wildman–Crippen MR) is 88.1 cm³/mol. The molecule has 0 unspecified atom stereocenters. The third kappa shape index (κ3) is 4.02. The summed E-state index contributed by atoms with van der Waals surface area (Å²) in [5.74, 6) is 1.76. The van der Waals surface area contributed by atoms with E-state index in [4.69, 9.17) is 9.47 Å². The van der Waals surface area contributed by atoms with Crippen LogP contribution < -0.4 is 24.4 Å². The molecule has 1 atom stereocenters. The highest BCUT2D eigenvalue weighted by Gasteiger charge is 2.23. The maximum absolute atomic E-state index is 11.2. The fraction of sp³-hybridized carbons (Fsp3) is 0.438. The molecular weight excluding hydrogens is 310 g/mol. The van der Waals surface area contributed by atoms with Gasteiger partial charge in [0.2, 0.25) is 6.20 Å². The Hall–Kier alpha value is -2.61. The minimum absolute atomic E-state index is 0.317. The second-order valence-electron chi connectivity index (χ2n) is 5.53. The molecule has 0 aliphatic carbocycles. The van der Waals surface area contributed by atoms with E-state index in [1.807, 2.05) is 0 Å². The van der Waals surface area contributed by atoms with Crippen LogP contribution in [0.3, 0.4) is 0 Å². The molecule has 0 radical (unpaired) electrons. The Bertz CT molecular complexity index is 670. The highest BCUT2D eigenvalue weighted by molar-refractivity contribution is 5.49. The lowest BCUT2D eigenvalue weighted by molar-refractivity contribution is -0.605. The quantitative estimate of drug-likeness (QED) is 0.465. The van der Waals surface area contributed by atoms with Crippen LogP contribution in [0.2, 0.25) is 0 Å². The molecule has 1 aliphatic heterocycles. The third-order valence-corrected chi connectivity index (χ3v) is 3.76. The molecule has 2 aromatic heterocycles. The molecule has 8 nitrogen and oxygen atoms in total. The highest BCUT2D eigenvalue weighted by atomic mass is 16.5. The number of anilines is 1. The van der Waals surface area contributed by atoms with Gasteiger partial charge in [-0.05, 0) is 13.0 Å². The number of ether oxygens (including phenoxy) is 2. The van der Waals surface area contributed by atoms with Gasteiger partial charge in [-0.1, -0.05) is 0 Å². The van der Waals surface area contributed by atoms with Crippen molar-refractivity contribution in [3.8, 4) is 11.6 Å². The summed E-state index contributed by atoms with van der Waals surface area (Å²) in [4.78, 5) is 10.9. The van der Waals surface area contributed by atoms with E-state index in [9.17, 15) is 5.21 Å². The molecule has 2 aromatic rings. The first-order chi connectivity index (χ1) is 11.7. The van der Waals surface area contributed by atoms with Crippen molar-refractivity contribution < 1.29 is 14.2 Å². The summed E-state index contributed by atoms with van der Waals surface area (Å²) >= 11 is 0. The van der Waals surface area contributed by atoms with Crippen LogP contribution in [-0.2, 0) is 0 Å². The van der Waals surface area contributed by atoms with Crippen LogP contribution in [0.15, 0.2) is 36.9 Å². The first-order valence-corrected chi connectivity index (χ1v) is 7.97. The maximum Gasteiger partial charge on any atom is 0.257 e. The molecular formula is C16H21N5O3. The number of hydrogen-bond acceptors (Lipinski definition) is 7. The lowest BCUT2D eigenvalue weighted by atomic mass is 10.2. The summed E-state index contributed by atoms with van der Waals surface area (Å²) in [5, 5.41) is 14.5. The molecule has 0 amide bonds. The van der Waals surface area contributed by atoms with E-state index in [1.54, 1.807) is 24.5 Å². The summed E-state index contributed by atoms with van der Waals surface area (Å²) in [6.07, 6.45) is 6.06. The second-order valence-corrected chi connectivity index (χ2v) is 5.53. The summed E-state index contributed by atoms with van der Waals surface area (Å²) in [6, 6.07) is 3.69. The van der Waals surface area contributed by atoms with Gasteiger partial charge >= 0.3 is 0 Å². The summed E-state index contributed by atoms with van der Waals surface area (Å²) in [7, 11) is 0. The number of pyridine rings is 1. The lowest BCUT2D eigenvalue weighted by Crippen LogP contribution is -2.50. The van der Waals surface area contributed by atoms with Crippen LogP contribution in [0.4, 0.5) is 5.82 Å². The highest BCUT2D eigenvalue weighted by Crippen LogP contribution is 2.25. The standard InChI is InChI=1S/C16H21N5O3/c1-13-11-17-6-8-21(13)15-16(19-5-4-18-15)24-10-9-23-14-3-2-7-20(22)12-14/h2-5,7,12-13,17H,6,8-11H2,1H3/t13-/m1/s1. The Morgan fingerprint density at radius 3 is 3.00 bits per heavy atom. The Morgan fingerprint density at radius 1 is 1.33 bits per heavy atom. The van der Waals surface area contributed by atoms with Crippen molar-refractivity contribution in [2.24, 2.45) is 0 Å². The van der Waals surface area contributed by atoms with E-state index in [0.717, 1.165) is 25.5 Å². The summed E-state index contributed by atoms with van der Waals surface area (Å²) < 4.78 is 11.9. The topological polar surface area (TPSA) is 86.5 Å². The predicted octanol–water partition coefficient (Wildman–Crippen LogP) is 0.366. The number of nitrogens with one attached hydrogen (secondary N) is 1. The minimum atomic E-state index is 0.317. The molecule has 0 bridgehead atoms. The smallest absolute Gasteiger partial charge is 0.257 e. The van der Waals surface area contributed by atoms with E-state index >= 15 is 0 Å².